The van der Waals surface area contributed by atoms with E-state index in [1.807, 2.05) is 12.1 Å². The molecule has 0 spiro atoms. The van der Waals surface area contributed by atoms with Crippen LogP contribution in [-0.2, 0) is 10.8 Å². The van der Waals surface area contributed by atoms with Gasteiger partial charge in [0.05, 0.1) is 0 Å². The van der Waals surface area contributed by atoms with Gasteiger partial charge in [0, 0.05) is 33.8 Å². The van der Waals surface area contributed by atoms with Gasteiger partial charge in [0.1, 0.15) is 5.75 Å². The number of benzene rings is 1. The van der Waals surface area contributed by atoms with Crippen molar-refractivity contribution in [2.45, 2.75) is 110 Å². The number of phenols is 1. The number of hydrogen-bond donors (Lipinski definition) is 3. The van der Waals surface area contributed by atoms with Gasteiger partial charge in [-0.25, -0.2) is 0 Å². The zero-order chi connectivity index (χ0) is 21.7. The number of carbonyl (C=O) groups is 1. The molecule has 3 N–H and O–H groups in total. The van der Waals surface area contributed by atoms with Gasteiger partial charge in [-0.3, -0.25) is 4.79 Å². The van der Waals surface area contributed by atoms with Gasteiger partial charge in [0.25, 0.3) is 5.91 Å². The highest BCUT2D eigenvalue weighted by atomic mass is 16.3. The fourth-order valence-corrected chi connectivity index (χ4v) is 4.60. The van der Waals surface area contributed by atoms with Gasteiger partial charge in [-0.1, -0.05) is 41.5 Å². The highest BCUT2D eigenvalue weighted by Gasteiger charge is 2.38. The lowest BCUT2D eigenvalue weighted by atomic mass is 9.78. The fourth-order valence-electron chi connectivity index (χ4n) is 4.60. The third kappa shape index (κ3) is 5.28. The van der Waals surface area contributed by atoms with Crippen LogP contribution in [0.2, 0.25) is 0 Å². The lowest BCUT2D eigenvalue weighted by Crippen LogP contribution is -2.62. The number of amides is 1. The van der Waals surface area contributed by atoms with Crippen LogP contribution in [0.3, 0.4) is 0 Å². The lowest BCUT2D eigenvalue weighted by molar-refractivity contribution is 0.0873. The maximum Gasteiger partial charge on any atom is 0.251 e. The molecule has 1 aromatic rings. The lowest BCUT2D eigenvalue weighted by Gasteiger charge is -2.46. The molecule has 0 aromatic heterocycles. The van der Waals surface area contributed by atoms with Crippen molar-refractivity contribution in [3.05, 3.63) is 28.8 Å². The summed E-state index contributed by atoms with van der Waals surface area (Å²) in [6.45, 7) is 21.1. The van der Waals surface area contributed by atoms with Gasteiger partial charge in [-0.15, -0.1) is 0 Å². The molecule has 1 heterocycles. The maximum absolute atomic E-state index is 13.2. The van der Waals surface area contributed by atoms with Crippen LogP contribution in [0.15, 0.2) is 12.1 Å². The molecular formula is C24H40N2O2. The smallest absolute Gasteiger partial charge is 0.251 e. The van der Waals surface area contributed by atoms with Crippen LogP contribution in [-0.4, -0.2) is 28.1 Å². The molecule has 1 aliphatic rings. The quantitative estimate of drug-likeness (QED) is 0.666. The van der Waals surface area contributed by atoms with E-state index in [2.05, 4.69) is 79.9 Å². The third-order valence-electron chi connectivity index (χ3n) is 5.51. The number of phenolic OH excluding ortho intramolecular Hbond substituents is 1. The summed E-state index contributed by atoms with van der Waals surface area (Å²) in [6, 6.07) is 3.83. The zero-order valence-corrected chi connectivity index (χ0v) is 19.5. The zero-order valence-electron chi connectivity index (χ0n) is 19.5. The summed E-state index contributed by atoms with van der Waals surface area (Å²) in [6.07, 6.45) is 1.77. The second-order valence-electron chi connectivity index (χ2n) is 11.9. The van der Waals surface area contributed by atoms with Crippen molar-refractivity contribution < 1.29 is 9.90 Å². The summed E-state index contributed by atoms with van der Waals surface area (Å²) >= 11 is 0. The first-order valence-electron chi connectivity index (χ1n) is 10.4. The Hall–Kier alpha value is -1.55. The van der Waals surface area contributed by atoms with Crippen LogP contribution in [0.25, 0.3) is 0 Å². The minimum absolute atomic E-state index is 0.0260. The Morgan fingerprint density at radius 2 is 1.36 bits per heavy atom. The Bertz CT molecular complexity index is 698. The van der Waals surface area contributed by atoms with E-state index in [9.17, 15) is 9.90 Å². The van der Waals surface area contributed by atoms with E-state index in [-0.39, 0.29) is 33.9 Å². The third-order valence-corrected chi connectivity index (χ3v) is 5.51. The molecule has 158 valence electrons. The Morgan fingerprint density at radius 1 is 0.964 bits per heavy atom. The van der Waals surface area contributed by atoms with Crippen molar-refractivity contribution in [3.63, 3.8) is 0 Å². The molecule has 4 heteroatoms. The molecular weight excluding hydrogens is 348 g/mol. The van der Waals surface area contributed by atoms with E-state index in [0.29, 0.717) is 11.3 Å². The molecule has 1 saturated heterocycles. The number of carbonyl (C=O) groups excluding carboxylic acids is 1. The predicted octanol–water partition coefficient (Wildman–Crippen LogP) is 5.03. The molecule has 0 bridgehead atoms. The summed E-state index contributed by atoms with van der Waals surface area (Å²) < 4.78 is 0. The van der Waals surface area contributed by atoms with E-state index >= 15 is 0 Å². The topological polar surface area (TPSA) is 61.4 Å². The fraction of sp³-hybridized carbons (Fsp3) is 0.708. The monoisotopic (exact) mass is 388 g/mol. The van der Waals surface area contributed by atoms with E-state index in [1.165, 1.54) is 0 Å². The molecule has 1 amide bonds. The molecule has 0 unspecified atom stereocenters. The number of nitrogens with one attached hydrogen (secondary N) is 2. The first-order valence-corrected chi connectivity index (χ1v) is 10.4. The molecule has 1 aliphatic heterocycles. The first-order chi connectivity index (χ1) is 12.4. The summed E-state index contributed by atoms with van der Waals surface area (Å²) in [5, 5.41) is 17.8. The highest BCUT2D eigenvalue weighted by Crippen LogP contribution is 2.40. The van der Waals surface area contributed by atoms with E-state index in [0.717, 1.165) is 24.0 Å². The molecule has 0 radical (unpaired) electrons. The average molecular weight is 389 g/mol. The van der Waals surface area contributed by atoms with Crippen molar-refractivity contribution in [2.75, 3.05) is 0 Å². The van der Waals surface area contributed by atoms with Crippen molar-refractivity contribution >= 4 is 5.91 Å². The molecule has 1 fully saturated rings. The molecule has 2 rings (SSSR count). The van der Waals surface area contributed by atoms with Gasteiger partial charge in [0.2, 0.25) is 0 Å². The number of rotatable bonds is 2. The van der Waals surface area contributed by atoms with Crippen LogP contribution in [0.1, 0.15) is 104 Å². The minimum atomic E-state index is -0.251. The normalized spacial score (nSPS) is 20.1. The SMILES string of the molecule is CC1(C)CC(NC(=O)c2cc(C(C)(C)C)c(O)c(C(C)(C)C)c2)CC(C)(C)N1. The Morgan fingerprint density at radius 3 is 1.71 bits per heavy atom. The molecule has 28 heavy (non-hydrogen) atoms. The second kappa shape index (κ2) is 7.05. The summed E-state index contributed by atoms with van der Waals surface area (Å²) in [5.41, 5.74) is 1.70. The molecule has 0 saturated carbocycles. The summed E-state index contributed by atoms with van der Waals surface area (Å²) in [5.74, 6) is 0.246. The van der Waals surface area contributed by atoms with E-state index < -0.39 is 0 Å². The van der Waals surface area contributed by atoms with E-state index in [4.69, 9.17) is 0 Å². The average Bonchev–Trinajstić information content (AvgIpc) is 2.40. The second-order valence-corrected chi connectivity index (χ2v) is 11.9. The van der Waals surface area contributed by atoms with Crippen LogP contribution < -0.4 is 10.6 Å². The molecule has 1 aromatic carbocycles. The predicted molar refractivity (Wildman–Crippen MR) is 117 cm³/mol. The number of hydrogen-bond acceptors (Lipinski definition) is 3. The van der Waals surface area contributed by atoms with Crippen LogP contribution in [0.5, 0.6) is 5.75 Å². The van der Waals surface area contributed by atoms with Gasteiger partial charge in [-0.2, -0.15) is 0 Å². The van der Waals surface area contributed by atoms with Gasteiger partial charge < -0.3 is 15.7 Å². The Labute approximate surface area is 171 Å². The first kappa shape index (κ1) is 22.7. The van der Waals surface area contributed by atoms with Crippen LogP contribution >= 0.6 is 0 Å². The Kier molecular flexibility index (Phi) is 5.73. The highest BCUT2D eigenvalue weighted by molar-refractivity contribution is 5.95. The van der Waals surface area contributed by atoms with Crippen molar-refractivity contribution in [3.8, 4) is 5.75 Å². The Balaban J connectivity index is 2.40. The van der Waals surface area contributed by atoms with Crippen molar-refractivity contribution in [1.82, 2.24) is 10.6 Å². The van der Waals surface area contributed by atoms with Crippen molar-refractivity contribution in [2.24, 2.45) is 0 Å². The van der Waals surface area contributed by atoms with Crippen LogP contribution in [0, 0.1) is 0 Å². The van der Waals surface area contributed by atoms with Gasteiger partial charge >= 0.3 is 0 Å². The molecule has 0 atom stereocenters. The largest absolute Gasteiger partial charge is 0.507 e. The maximum atomic E-state index is 13.2. The number of aromatic hydroxyl groups is 1. The van der Waals surface area contributed by atoms with Crippen LogP contribution in [0.4, 0.5) is 0 Å². The molecule has 0 aliphatic carbocycles. The molecule has 4 nitrogen and oxygen atoms in total. The summed E-state index contributed by atoms with van der Waals surface area (Å²) in [4.78, 5) is 13.2. The summed E-state index contributed by atoms with van der Waals surface area (Å²) in [7, 11) is 0. The standard InChI is InChI=1S/C24H40N2O2/c1-21(2,3)17-11-15(12-18(19(17)27)22(4,5)6)20(28)25-16-13-23(7,8)26-24(9,10)14-16/h11-12,16,26-27H,13-14H2,1-10H3,(H,25,28). The van der Waals surface area contributed by atoms with E-state index in [1.54, 1.807) is 0 Å². The van der Waals surface area contributed by atoms with Crippen molar-refractivity contribution in [1.29, 1.82) is 0 Å². The number of piperidine rings is 1. The van der Waals surface area contributed by atoms with Gasteiger partial charge in [-0.05, 0) is 63.5 Å². The van der Waals surface area contributed by atoms with Gasteiger partial charge in [0.15, 0.2) is 0 Å². The minimum Gasteiger partial charge on any atom is -0.507 e.